The van der Waals surface area contributed by atoms with Crippen molar-refractivity contribution in [1.29, 1.82) is 0 Å². The third-order valence-corrected chi connectivity index (χ3v) is 2.82. The molecule has 0 fully saturated rings. The molecule has 0 amide bonds. The van der Waals surface area contributed by atoms with Gasteiger partial charge in [0.2, 0.25) is 0 Å². The van der Waals surface area contributed by atoms with Crippen LogP contribution in [0.3, 0.4) is 0 Å². The quantitative estimate of drug-likeness (QED) is 0.703. The number of benzene rings is 1. The normalized spacial score (nSPS) is 12.9. The summed E-state index contributed by atoms with van der Waals surface area (Å²) in [5.74, 6) is 1.14. The standard InChI is InChI=1S/C15H25NO/c1-13(2)12-17-9-8-15(11-16)10-14-6-4-3-5-7-14/h3-7,13,15H,8-12,16H2,1-2H3. The molecule has 1 aromatic rings. The summed E-state index contributed by atoms with van der Waals surface area (Å²) in [5, 5.41) is 0. The maximum Gasteiger partial charge on any atom is 0.0488 e. The molecule has 0 spiro atoms. The van der Waals surface area contributed by atoms with Gasteiger partial charge in [0.05, 0.1) is 0 Å². The first-order valence-electron chi connectivity index (χ1n) is 6.54. The second-order valence-corrected chi connectivity index (χ2v) is 5.05. The third-order valence-electron chi connectivity index (χ3n) is 2.82. The van der Waals surface area contributed by atoms with E-state index < -0.39 is 0 Å². The molecular formula is C15H25NO. The summed E-state index contributed by atoms with van der Waals surface area (Å²) in [6.07, 6.45) is 2.11. The van der Waals surface area contributed by atoms with E-state index in [2.05, 4.69) is 38.1 Å². The van der Waals surface area contributed by atoms with Gasteiger partial charge < -0.3 is 10.5 Å². The lowest BCUT2D eigenvalue weighted by molar-refractivity contribution is 0.0984. The maximum absolute atomic E-state index is 5.81. The van der Waals surface area contributed by atoms with E-state index in [0.29, 0.717) is 11.8 Å². The largest absolute Gasteiger partial charge is 0.381 e. The van der Waals surface area contributed by atoms with Crippen LogP contribution in [0.5, 0.6) is 0 Å². The van der Waals surface area contributed by atoms with Crippen LogP contribution in [0, 0.1) is 11.8 Å². The van der Waals surface area contributed by atoms with Gasteiger partial charge in [-0.3, -0.25) is 0 Å². The van der Waals surface area contributed by atoms with Crippen molar-refractivity contribution < 1.29 is 4.74 Å². The van der Waals surface area contributed by atoms with Crippen LogP contribution >= 0.6 is 0 Å². The molecule has 0 aliphatic carbocycles. The molecular weight excluding hydrogens is 210 g/mol. The summed E-state index contributed by atoms with van der Waals surface area (Å²) < 4.78 is 5.61. The Hall–Kier alpha value is -0.860. The Balaban J connectivity index is 2.24. The van der Waals surface area contributed by atoms with Gasteiger partial charge in [0.15, 0.2) is 0 Å². The highest BCUT2D eigenvalue weighted by Crippen LogP contribution is 2.11. The summed E-state index contributed by atoms with van der Waals surface area (Å²) in [7, 11) is 0. The first-order chi connectivity index (χ1) is 8.22. The van der Waals surface area contributed by atoms with E-state index in [1.807, 2.05) is 6.07 Å². The lowest BCUT2D eigenvalue weighted by Gasteiger charge is -2.15. The van der Waals surface area contributed by atoms with Crippen molar-refractivity contribution in [3.05, 3.63) is 35.9 Å². The molecule has 1 rings (SSSR count). The van der Waals surface area contributed by atoms with Gasteiger partial charge in [-0.1, -0.05) is 44.2 Å². The van der Waals surface area contributed by atoms with E-state index in [0.717, 1.165) is 32.6 Å². The lowest BCUT2D eigenvalue weighted by Crippen LogP contribution is -2.19. The van der Waals surface area contributed by atoms with Gasteiger partial charge in [0, 0.05) is 13.2 Å². The molecule has 2 nitrogen and oxygen atoms in total. The van der Waals surface area contributed by atoms with Crippen LogP contribution in [-0.2, 0) is 11.2 Å². The Labute approximate surface area is 105 Å². The Kier molecular flexibility index (Phi) is 6.90. The first kappa shape index (κ1) is 14.2. The van der Waals surface area contributed by atoms with Gasteiger partial charge in [-0.25, -0.2) is 0 Å². The number of rotatable bonds is 8. The van der Waals surface area contributed by atoms with Crippen molar-refractivity contribution in [2.45, 2.75) is 26.7 Å². The highest BCUT2D eigenvalue weighted by molar-refractivity contribution is 5.15. The highest BCUT2D eigenvalue weighted by Gasteiger charge is 2.07. The van der Waals surface area contributed by atoms with Crippen molar-refractivity contribution in [2.75, 3.05) is 19.8 Å². The van der Waals surface area contributed by atoms with Crippen molar-refractivity contribution >= 4 is 0 Å². The zero-order valence-electron chi connectivity index (χ0n) is 11.1. The number of nitrogens with two attached hydrogens (primary N) is 1. The molecule has 0 aliphatic rings. The molecule has 0 aliphatic heterocycles. The number of ether oxygens (including phenoxy) is 1. The third kappa shape index (κ3) is 6.44. The number of hydrogen-bond donors (Lipinski definition) is 1. The monoisotopic (exact) mass is 235 g/mol. The highest BCUT2D eigenvalue weighted by atomic mass is 16.5. The van der Waals surface area contributed by atoms with Crippen LogP contribution < -0.4 is 5.73 Å². The van der Waals surface area contributed by atoms with Crippen LogP contribution in [0.2, 0.25) is 0 Å². The molecule has 2 heteroatoms. The minimum Gasteiger partial charge on any atom is -0.381 e. The molecule has 0 saturated carbocycles. The van der Waals surface area contributed by atoms with Crippen molar-refractivity contribution in [2.24, 2.45) is 17.6 Å². The van der Waals surface area contributed by atoms with Gasteiger partial charge in [0.25, 0.3) is 0 Å². The summed E-state index contributed by atoms with van der Waals surface area (Å²) in [5.41, 5.74) is 7.17. The fourth-order valence-corrected chi connectivity index (χ4v) is 1.82. The van der Waals surface area contributed by atoms with Crippen LogP contribution in [-0.4, -0.2) is 19.8 Å². The predicted octanol–water partition coefficient (Wildman–Crippen LogP) is 2.87. The second kappa shape index (κ2) is 8.26. The lowest BCUT2D eigenvalue weighted by atomic mass is 9.97. The molecule has 0 heterocycles. The predicted molar refractivity (Wildman–Crippen MR) is 73.0 cm³/mol. The average Bonchev–Trinajstić information content (AvgIpc) is 2.34. The van der Waals surface area contributed by atoms with Crippen LogP contribution in [0.25, 0.3) is 0 Å². The summed E-state index contributed by atoms with van der Waals surface area (Å²) >= 11 is 0. The first-order valence-corrected chi connectivity index (χ1v) is 6.54. The van der Waals surface area contributed by atoms with E-state index in [1.54, 1.807) is 0 Å². The van der Waals surface area contributed by atoms with Crippen LogP contribution in [0.4, 0.5) is 0 Å². The minimum absolute atomic E-state index is 0.532. The summed E-state index contributed by atoms with van der Waals surface area (Å²) in [4.78, 5) is 0. The zero-order chi connectivity index (χ0) is 12.5. The molecule has 0 aromatic heterocycles. The SMILES string of the molecule is CC(C)COCCC(CN)Cc1ccccc1. The van der Waals surface area contributed by atoms with Crippen molar-refractivity contribution in [3.8, 4) is 0 Å². The second-order valence-electron chi connectivity index (χ2n) is 5.05. The van der Waals surface area contributed by atoms with Gasteiger partial charge in [0.1, 0.15) is 0 Å². The number of hydrogen-bond acceptors (Lipinski definition) is 2. The van der Waals surface area contributed by atoms with E-state index >= 15 is 0 Å². The van der Waals surface area contributed by atoms with Crippen molar-refractivity contribution in [3.63, 3.8) is 0 Å². The Bertz CT molecular complexity index is 284. The van der Waals surface area contributed by atoms with E-state index in [9.17, 15) is 0 Å². The molecule has 96 valence electrons. The smallest absolute Gasteiger partial charge is 0.0488 e. The van der Waals surface area contributed by atoms with Gasteiger partial charge in [-0.15, -0.1) is 0 Å². The topological polar surface area (TPSA) is 35.2 Å². The molecule has 1 atom stereocenters. The van der Waals surface area contributed by atoms with Gasteiger partial charge >= 0.3 is 0 Å². The van der Waals surface area contributed by atoms with Crippen molar-refractivity contribution in [1.82, 2.24) is 0 Å². The van der Waals surface area contributed by atoms with Crippen LogP contribution in [0.15, 0.2) is 30.3 Å². The molecule has 0 radical (unpaired) electrons. The fourth-order valence-electron chi connectivity index (χ4n) is 1.82. The average molecular weight is 235 g/mol. The molecule has 17 heavy (non-hydrogen) atoms. The summed E-state index contributed by atoms with van der Waals surface area (Å²) in [6.45, 7) is 6.75. The van der Waals surface area contributed by atoms with Crippen LogP contribution in [0.1, 0.15) is 25.8 Å². The summed E-state index contributed by atoms with van der Waals surface area (Å²) in [6, 6.07) is 10.5. The Morgan fingerprint density at radius 3 is 2.47 bits per heavy atom. The zero-order valence-corrected chi connectivity index (χ0v) is 11.1. The van der Waals surface area contributed by atoms with Gasteiger partial charge in [-0.05, 0) is 36.8 Å². The fraction of sp³-hybridized carbons (Fsp3) is 0.600. The maximum atomic E-state index is 5.81. The molecule has 1 aromatic carbocycles. The molecule has 0 saturated heterocycles. The van der Waals surface area contributed by atoms with Gasteiger partial charge in [-0.2, -0.15) is 0 Å². The molecule has 1 unspecified atom stereocenters. The Morgan fingerprint density at radius 2 is 1.88 bits per heavy atom. The minimum atomic E-state index is 0.532. The van der Waals surface area contributed by atoms with E-state index in [-0.39, 0.29) is 0 Å². The molecule has 2 N–H and O–H groups in total. The van der Waals surface area contributed by atoms with E-state index in [4.69, 9.17) is 10.5 Å². The Morgan fingerprint density at radius 1 is 1.18 bits per heavy atom. The van der Waals surface area contributed by atoms with E-state index in [1.165, 1.54) is 5.56 Å². The molecule has 0 bridgehead atoms.